The van der Waals surface area contributed by atoms with Gasteiger partial charge in [-0.1, -0.05) is 188 Å². The molecule has 0 saturated carbocycles. The average molecular weight is 805 g/mol. The topological polar surface area (TPSA) is 29.3 Å². The Balaban J connectivity index is 1.03. The highest BCUT2D eigenvalue weighted by Gasteiger charge is 2.46. The van der Waals surface area contributed by atoms with Gasteiger partial charge >= 0.3 is 0 Å². The molecule has 63 heavy (non-hydrogen) atoms. The molecule has 1 aliphatic rings. The van der Waals surface area contributed by atoms with Crippen molar-refractivity contribution in [1.29, 1.82) is 0 Å². The first-order chi connectivity index (χ1) is 31.2. The van der Waals surface area contributed by atoms with E-state index < -0.39 is 5.41 Å². The summed E-state index contributed by atoms with van der Waals surface area (Å²) < 4.78 is 6.61. The maximum atomic E-state index is 6.61. The molecule has 0 amide bonds. The Morgan fingerprint density at radius 3 is 1.67 bits per heavy atom. The molecule has 10 aromatic carbocycles. The Morgan fingerprint density at radius 2 is 0.905 bits per heavy atom. The molecular formula is C60H40N2O. The van der Waals surface area contributed by atoms with Gasteiger partial charge in [0.2, 0.25) is 5.89 Å². The lowest BCUT2D eigenvalue weighted by molar-refractivity contribution is 0.620. The predicted molar refractivity (Wildman–Crippen MR) is 260 cm³/mol. The van der Waals surface area contributed by atoms with Crippen LogP contribution in [-0.2, 0) is 5.41 Å². The van der Waals surface area contributed by atoms with E-state index in [-0.39, 0.29) is 0 Å². The third kappa shape index (κ3) is 6.08. The zero-order chi connectivity index (χ0) is 41.7. The molecule has 3 heteroatoms. The summed E-state index contributed by atoms with van der Waals surface area (Å²) >= 11 is 0. The Bertz CT molecular complexity index is 3380. The van der Waals surface area contributed by atoms with E-state index in [0.29, 0.717) is 5.89 Å². The van der Waals surface area contributed by atoms with Crippen molar-refractivity contribution in [3.63, 3.8) is 0 Å². The minimum atomic E-state index is -0.534. The van der Waals surface area contributed by atoms with E-state index in [4.69, 9.17) is 9.40 Å². The molecule has 296 valence electrons. The Morgan fingerprint density at radius 1 is 0.365 bits per heavy atom. The zero-order valence-corrected chi connectivity index (χ0v) is 34.4. The molecule has 0 aliphatic heterocycles. The van der Waals surface area contributed by atoms with E-state index in [9.17, 15) is 0 Å². The highest BCUT2D eigenvalue weighted by atomic mass is 16.3. The molecule has 12 rings (SSSR count). The third-order valence-electron chi connectivity index (χ3n) is 12.8. The summed E-state index contributed by atoms with van der Waals surface area (Å²) in [6.07, 6.45) is 0. The second-order valence-electron chi connectivity index (χ2n) is 16.3. The molecule has 1 heterocycles. The van der Waals surface area contributed by atoms with Crippen molar-refractivity contribution in [3.8, 4) is 44.8 Å². The maximum absolute atomic E-state index is 6.61. The van der Waals surface area contributed by atoms with Gasteiger partial charge in [0.1, 0.15) is 5.52 Å². The fourth-order valence-electron chi connectivity index (χ4n) is 9.90. The number of hydrogen-bond donors (Lipinski definition) is 0. The molecule has 0 spiro atoms. The van der Waals surface area contributed by atoms with Gasteiger partial charge < -0.3 is 9.32 Å². The second-order valence-corrected chi connectivity index (χ2v) is 16.3. The van der Waals surface area contributed by atoms with Crippen LogP contribution in [0.15, 0.2) is 247 Å². The molecule has 0 fully saturated rings. The van der Waals surface area contributed by atoms with Crippen LogP contribution in [0.1, 0.15) is 22.3 Å². The Hall–Kier alpha value is -8.27. The van der Waals surface area contributed by atoms with Gasteiger partial charge in [0, 0.05) is 28.7 Å². The molecule has 0 bridgehead atoms. The largest absolute Gasteiger partial charge is 0.436 e. The summed E-state index contributed by atoms with van der Waals surface area (Å²) in [5.74, 6) is 0.596. The lowest BCUT2D eigenvalue weighted by Crippen LogP contribution is -2.28. The van der Waals surface area contributed by atoms with Crippen LogP contribution in [0.4, 0.5) is 17.1 Å². The molecule has 0 radical (unpaired) electrons. The summed E-state index contributed by atoms with van der Waals surface area (Å²) in [5.41, 5.74) is 17.2. The SMILES string of the molecule is c1ccc(-c2ccc(-c3nc4ccc(N(c5ccc(-c6cccc7ccccc67)cc5)c5ccc6c(c5)C(c5ccccc5)(c5ccccc5)c5ccccc5-6)cc4o3)cc2)cc1. The first-order valence-electron chi connectivity index (χ1n) is 21.5. The number of benzene rings is 10. The van der Waals surface area contributed by atoms with Crippen LogP contribution in [0, 0.1) is 0 Å². The van der Waals surface area contributed by atoms with Crippen LogP contribution in [0.5, 0.6) is 0 Å². The molecule has 0 saturated heterocycles. The van der Waals surface area contributed by atoms with Gasteiger partial charge in [-0.15, -0.1) is 0 Å². The molecular weight excluding hydrogens is 765 g/mol. The molecule has 0 N–H and O–H groups in total. The summed E-state index contributed by atoms with van der Waals surface area (Å²) in [5, 5.41) is 2.47. The smallest absolute Gasteiger partial charge is 0.227 e. The highest BCUT2D eigenvalue weighted by molar-refractivity contribution is 5.97. The minimum absolute atomic E-state index is 0.534. The van der Waals surface area contributed by atoms with Crippen molar-refractivity contribution < 1.29 is 4.42 Å². The summed E-state index contributed by atoms with van der Waals surface area (Å²) in [7, 11) is 0. The standard InChI is InChI=1S/C60H40N2O/c1-4-15-41(16-5-1)42-27-29-45(30-28-42)59-61-57-38-36-50(40-58(57)63-59)62(48-33-31-44(32-34-48)52-25-14-18-43-17-10-11-23-51(43)52)49-35-37-54-53-24-12-13-26-55(53)60(56(54)39-49,46-19-6-2-7-20-46)47-21-8-3-9-22-47/h1-40H. The molecule has 1 aromatic heterocycles. The van der Waals surface area contributed by atoms with Crippen LogP contribution in [-0.4, -0.2) is 4.98 Å². The number of anilines is 3. The van der Waals surface area contributed by atoms with Crippen LogP contribution in [0.3, 0.4) is 0 Å². The molecule has 3 nitrogen and oxygen atoms in total. The van der Waals surface area contributed by atoms with Crippen LogP contribution < -0.4 is 4.90 Å². The zero-order valence-electron chi connectivity index (χ0n) is 34.4. The number of fused-ring (bicyclic) bond motifs is 5. The summed E-state index contributed by atoms with van der Waals surface area (Å²) in [6, 6.07) is 87.2. The Labute approximate surface area is 366 Å². The van der Waals surface area contributed by atoms with Crippen molar-refractivity contribution in [2.45, 2.75) is 5.41 Å². The lowest BCUT2D eigenvalue weighted by atomic mass is 9.67. The first-order valence-corrected chi connectivity index (χ1v) is 21.5. The third-order valence-corrected chi connectivity index (χ3v) is 12.8. The summed E-state index contributed by atoms with van der Waals surface area (Å²) in [6.45, 7) is 0. The molecule has 11 aromatic rings. The number of rotatable bonds is 8. The number of aromatic nitrogens is 1. The molecule has 0 atom stereocenters. The molecule has 1 aliphatic carbocycles. The van der Waals surface area contributed by atoms with Gasteiger partial charge in [0.25, 0.3) is 0 Å². The fraction of sp³-hybridized carbons (Fsp3) is 0.0167. The van der Waals surface area contributed by atoms with E-state index in [1.54, 1.807) is 0 Å². The van der Waals surface area contributed by atoms with Gasteiger partial charge in [0.05, 0.1) is 5.41 Å². The minimum Gasteiger partial charge on any atom is -0.436 e. The van der Waals surface area contributed by atoms with Crippen molar-refractivity contribution in [1.82, 2.24) is 4.98 Å². The van der Waals surface area contributed by atoms with Crippen molar-refractivity contribution in [2.24, 2.45) is 0 Å². The lowest BCUT2D eigenvalue weighted by Gasteiger charge is -2.35. The van der Waals surface area contributed by atoms with Crippen LogP contribution in [0.2, 0.25) is 0 Å². The molecule has 0 unspecified atom stereocenters. The van der Waals surface area contributed by atoms with Crippen LogP contribution >= 0.6 is 0 Å². The van der Waals surface area contributed by atoms with Gasteiger partial charge in [-0.3, -0.25) is 0 Å². The fourth-order valence-corrected chi connectivity index (χ4v) is 9.90. The van der Waals surface area contributed by atoms with Crippen molar-refractivity contribution in [2.75, 3.05) is 4.90 Å². The number of nitrogens with zero attached hydrogens (tertiary/aromatic N) is 2. The maximum Gasteiger partial charge on any atom is 0.227 e. The summed E-state index contributed by atoms with van der Waals surface area (Å²) in [4.78, 5) is 7.33. The van der Waals surface area contributed by atoms with E-state index >= 15 is 0 Å². The van der Waals surface area contributed by atoms with E-state index in [1.807, 2.05) is 6.07 Å². The second kappa shape index (κ2) is 15.0. The van der Waals surface area contributed by atoms with Crippen molar-refractivity contribution in [3.05, 3.63) is 265 Å². The van der Waals surface area contributed by atoms with E-state index in [1.165, 1.54) is 60.8 Å². The first kappa shape index (κ1) is 36.6. The predicted octanol–water partition coefficient (Wildman–Crippen LogP) is 15.8. The average Bonchev–Trinajstić information content (AvgIpc) is 3.92. The van der Waals surface area contributed by atoms with Gasteiger partial charge in [-0.05, 0) is 115 Å². The van der Waals surface area contributed by atoms with E-state index in [2.05, 4.69) is 241 Å². The monoisotopic (exact) mass is 804 g/mol. The van der Waals surface area contributed by atoms with Gasteiger partial charge in [0.15, 0.2) is 5.58 Å². The number of oxazole rings is 1. The quantitative estimate of drug-likeness (QED) is 0.153. The van der Waals surface area contributed by atoms with Gasteiger partial charge in [-0.2, -0.15) is 0 Å². The van der Waals surface area contributed by atoms with Crippen molar-refractivity contribution >= 4 is 38.9 Å². The van der Waals surface area contributed by atoms with Gasteiger partial charge in [-0.25, -0.2) is 4.98 Å². The normalized spacial score (nSPS) is 12.6. The Kier molecular flexibility index (Phi) is 8.72. The number of hydrogen-bond acceptors (Lipinski definition) is 3. The van der Waals surface area contributed by atoms with Crippen LogP contribution in [0.25, 0.3) is 66.7 Å². The highest BCUT2D eigenvalue weighted by Crippen LogP contribution is 2.57. The van der Waals surface area contributed by atoms with E-state index in [0.717, 1.165) is 39.3 Å².